The van der Waals surface area contributed by atoms with Gasteiger partial charge in [0, 0.05) is 30.7 Å². The van der Waals surface area contributed by atoms with Crippen molar-refractivity contribution < 1.29 is 18.9 Å². The van der Waals surface area contributed by atoms with Gasteiger partial charge in [-0.25, -0.2) is 0 Å². The van der Waals surface area contributed by atoms with Crippen LogP contribution in [0.5, 0.6) is 11.5 Å². The fraction of sp³-hybridized carbons (Fsp3) is 0.600. The van der Waals surface area contributed by atoms with Crippen LogP contribution in [0.4, 0.5) is 0 Å². The van der Waals surface area contributed by atoms with E-state index in [-0.39, 0.29) is 24.8 Å². The van der Waals surface area contributed by atoms with Gasteiger partial charge in [0.2, 0.25) is 0 Å². The van der Waals surface area contributed by atoms with Crippen molar-refractivity contribution in [3.63, 3.8) is 0 Å². The van der Waals surface area contributed by atoms with Gasteiger partial charge in [-0.2, -0.15) is 0 Å². The lowest BCUT2D eigenvalue weighted by Gasteiger charge is -2.45. The van der Waals surface area contributed by atoms with E-state index in [4.69, 9.17) is 18.9 Å². The number of methoxy groups -OCH3 is 2. The molecule has 0 amide bonds. The van der Waals surface area contributed by atoms with Crippen LogP contribution in [-0.4, -0.2) is 51.5 Å². The first kappa shape index (κ1) is 19.5. The molecule has 0 bridgehead atoms. The Morgan fingerprint density at radius 3 is 2.50 bits per heavy atom. The summed E-state index contributed by atoms with van der Waals surface area (Å²) in [5, 5.41) is 0. The van der Waals surface area contributed by atoms with Gasteiger partial charge in [-0.3, -0.25) is 4.90 Å². The molecule has 144 valence electrons. The largest absolute Gasteiger partial charge is 0.493 e. The number of nitrogens with zero attached hydrogens (tertiary/aromatic N) is 1. The zero-order valence-corrected chi connectivity index (χ0v) is 16.7. The van der Waals surface area contributed by atoms with Crippen LogP contribution in [0.25, 0.3) is 0 Å². The predicted octanol–water partition coefficient (Wildman–Crippen LogP) is 3.68. The van der Waals surface area contributed by atoms with E-state index in [1.165, 1.54) is 5.56 Å². The number of rotatable bonds is 4. The first-order valence-corrected chi connectivity index (χ1v) is 9.10. The lowest BCUT2D eigenvalue weighted by molar-refractivity contribution is -0.191. The fourth-order valence-electron chi connectivity index (χ4n) is 4.65. The standard InChI is InChI=1S/C20H27NO4.ClH/c1-5-24-20-14-11-17(23-4)16(22-3)10-13(14)18-15(25-20)7-6-12-8-9-21(2)19(12)18;/h6,10-11,15,18-20H,5,7-9H2,1-4H3;1H. The molecule has 0 aromatic heterocycles. The Morgan fingerprint density at radius 2 is 1.85 bits per heavy atom. The highest BCUT2D eigenvalue weighted by atomic mass is 35.5. The summed E-state index contributed by atoms with van der Waals surface area (Å²) < 4.78 is 23.4. The number of fused-ring (bicyclic) bond motifs is 5. The van der Waals surface area contributed by atoms with Crippen LogP contribution in [0, 0.1) is 0 Å². The molecular formula is C20H28ClNO4. The Labute approximate surface area is 161 Å². The van der Waals surface area contributed by atoms with Gasteiger partial charge in [-0.15, -0.1) is 12.4 Å². The molecule has 0 radical (unpaired) electrons. The topological polar surface area (TPSA) is 40.2 Å². The van der Waals surface area contributed by atoms with Crippen molar-refractivity contribution in [1.82, 2.24) is 4.90 Å². The molecule has 1 aromatic rings. The Hall–Kier alpha value is -1.27. The van der Waals surface area contributed by atoms with Crippen LogP contribution in [-0.2, 0) is 9.47 Å². The SMILES string of the molecule is CCOC1OC2CC=C3CCN(C)C3C2c2cc(OC)c(OC)cc21.Cl. The van der Waals surface area contributed by atoms with E-state index < -0.39 is 0 Å². The monoisotopic (exact) mass is 381 g/mol. The van der Waals surface area contributed by atoms with Gasteiger partial charge < -0.3 is 18.9 Å². The van der Waals surface area contributed by atoms with E-state index in [2.05, 4.69) is 24.1 Å². The summed E-state index contributed by atoms with van der Waals surface area (Å²) in [6.07, 6.45) is 4.27. The second-order valence-electron chi connectivity index (χ2n) is 7.01. The molecule has 0 spiro atoms. The summed E-state index contributed by atoms with van der Waals surface area (Å²) >= 11 is 0. The molecule has 4 rings (SSSR count). The summed E-state index contributed by atoms with van der Waals surface area (Å²) in [6, 6.07) is 4.56. The molecule has 26 heavy (non-hydrogen) atoms. The van der Waals surface area contributed by atoms with Crippen molar-refractivity contribution >= 4 is 12.4 Å². The Balaban J connectivity index is 0.00000196. The van der Waals surface area contributed by atoms with Crippen molar-refractivity contribution in [3.05, 3.63) is 34.9 Å². The summed E-state index contributed by atoms with van der Waals surface area (Å²) in [6.45, 7) is 3.72. The van der Waals surface area contributed by atoms with E-state index in [9.17, 15) is 0 Å². The summed E-state index contributed by atoms with van der Waals surface area (Å²) in [5.41, 5.74) is 3.89. The molecule has 0 N–H and O–H groups in total. The average Bonchev–Trinajstić information content (AvgIpc) is 3.01. The van der Waals surface area contributed by atoms with Gasteiger partial charge in [0.15, 0.2) is 17.8 Å². The number of halogens is 1. The predicted molar refractivity (Wildman–Crippen MR) is 103 cm³/mol. The molecule has 1 aromatic carbocycles. The Bertz CT molecular complexity index is 693. The van der Waals surface area contributed by atoms with E-state index >= 15 is 0 Å². The second kappa shape index (κ2) is 7.77. The van der Waals surface area contributed by atoms with Crippen molar-refractivity contribution in [2.45, 2.75) is 44.1 Å². The zero-order chi connectivity index (χ0) is 17.6. The normalized spacial score (nSPS) is 29.8. The Kier molecular flexibility index (Phi) is 5.82. The number of hydrogen-bond donors (Lipinski definition) is 0. The fourth-order valence-corrected chi connectivity index (χ4v) is 4.65. The van der Waals surface area contributed by atoms with Gasteiger partial charge in [0.05, 0.1) is 20.3 Å². The number of ether oxygens (including phenoxy) is 4. The highest BCUT2D eigenvalue weighted by Gasteiger charge is 2.47. The molecule has 2 heterocycles. The number of benzene rings is 1. The van der Waals surface area contributed by atoms with Crippen molar-refractivity contribution in [1.29, 1.82) is 0 Å². The minimum Gasteiger partial charge on any atom is -0.493 e. The summed E-state index contributed by atoms with van der Waals surface area (Å²) in [4.78, 5) is 2.45. The summed E-state index contributed by atoms with van der Waals surface area (Å²) in [7, 11) is 5.57. The lowest BCUT2D eigenvalue weighted by atomic mass is 9.74. The second-order valence-corrected chi connectivity index (χ2v) is 7.01. The van der Waals surface area contributed by atoms with E-state index in [0.29, 0.717) is 18.6 Å². The van der Waals surface area contributed by atoms with Gasteiger partial charge in [0.1, 0.15) is 0 Å². The highest BCUT2D eigenvalue weighted by Crippen LogP contribution is 2.51. The lowest BCUT2D eigenvalue weighted by Crippen LogP contribution is -2.45. The third kappa shape index (κ3) is 3.01. The molecule has 4 atom stereocenters. The van der Waals surface area contributed by atoms with Gasteiger partial charge in [-0.1, -0.05) is 11.6 Å². The van der Waals surface area contributed by atoms with Crippen molar-refractivity contribution in [3.8, 4) is 11.5 Å². The van der Waals surface area contributed by atoms with E-state index in [1.807, 2.05) is 13.0 Å². The molecule has 5 nitrogen and oxygen atoms in total. The zero-order valence-electron chi connectivity index (χ0n) is 15.9. The molecule has 1 saturated heterocycles. The van der Waals surface area contributed by atoms with Crippen LogP contribution in [0.15, 0.2) is 23.8 Å². The minimum absolute atomic E-state index is 0. The smallest absolute Gasteiger partial charge is 0.184 e. The number of likely N-dealkylation sites (tertiary alicyclic amines) is 1. The van der Waals surface area contributed by atoms with Gasteiger partial charge in [-0.05, 0) is 44.5 Å². The molecule has 1 fully saturated rings. The van der Waals surface area contributed by atoms with Gasteiger partial charge >= 0.3 is 0 Å². The maximum atomic E-state index is 6.40. The quantitative estimate of drug-likeness (QED) is 0.744. The first-order valence-electron chi connectivity index (χ1n) is 9.10. The van der Waals surface area contributed by atoms with Crippen LogP contribution in [0.2, 0.25) is 0 Å². The maximum Gasteiger partial charge on any atom is 0.184 e. The number of hydrogen-bond acceptors (Lipinski definition) is 5. The number of likely N-dealkylation sites (N-methyl/N-ethyl adjacent to an activating group) is 1. The summed E-state index contributed by atoms with van der Waals surface area (Å²) in [5.74, 6) is 1.80. The third-order valence-corrected chi connectivity index (χ3v) is 5.78. The van der Waals surface area contributed by atoms with Crippen molar-refractivity contribution in [2.75, 3.05) is 34.4 Å². The van der Waals surface area contributed by atoms with Crippen LogP contribution >= 0.6 is 12.4 Å². The molecule has 1 aliphatic carbocycles. The van der Waals surface area contributed by atoms with E-state index in [1.54, 1.807) is 19.8 Å². The average molecular weight is 382 g/mol. The van der Waals surface area contributed by atoms with E-state index in [0.717, 1.165) is 36.4 Å². The third-order valence-electron chi connectivity index (χ3n) is 5.78. The molecule has 2 aliphatic heterocycles. The highest BCUT2D eigenvalue weighted by molar-refractivity contribution is 5.85. The first-order chi connectivity index (χ1) is 12.2. The van der Waals surface area contributed by atoms with Crippen LogP contribution < -0.4 is 9.47 Å². The van der Waals surface area contributed by atoms with Crippen molar-refractivity contribution in [2.24, 2.45) is 0 Å². The minimum atomic E-state index is -0.345. The Morgan fingerprint density at radius 1 is 1.15 bits per heavy atom. The van der Waals surface area contributed by atoms with Gasteiger partial charge in [0.25, 0.3) is 0 Å². The molecule has 4 unspecified atom stereocenters. The molecule has 0 saturated carbocycles. The maximum absolute atomic E-state index is 6.40. The molecule has 3 aliphatic rings. The molecular weight excluding hydrogens is 354 g/mol. The molecule has 6 heteroatoms. The van der Waals surface area contributed by atoms with Crippen LogP contribution in [0.1, 0.15) is 43.1 Å². The van der Waals surface area contributed by atoms with Crippen LogP contribution in [0.3, 0.4) is 0 Å².